The monoisotopic (exact) mass is 510 g/mol. The summed E-state index contributed by atoms with van der Waals surface area (Å²) in [4.78, 5) is 31.6. The number of aromatic nitrogens is 5. The van der Waals surface area contributed by atoms with Crippen LogP contribution in [-0.4, -0.2) is 56.6 Å². The maximum absolute atomic E-state index is 13.2. The van der Waals surface area contributed by atoms with Crippen molar-refractivity contribution in [1.82, 2.24) is 29.3 Å². The quantitative estimate of drug-likeness (QED) is 0.394. The lowest BCUT2D eigenvalue weighted by Gasteiger charge is -2.30. The van der Waals surface area contributed by atoms with E-state index in [0.717, 1.165) is 5.56 Å². The summed E-state index contributed by atoms with van der Waals surface area (Å²) < 4.78 is 42.3. The van der Waals surface area contributed by atoms with Gasteiger partial charge >= 0.3 is 0 Å². The Bertz CT molecular complexity index is 1590. The third-order valence-electron chi connectivity index (χ3n) is 6.38. The van der Waals surface area contributed by atoms with E-state index < -0.39 is 15.6 Å². The van der Waals surface area contributed by atoms with E-state index in [4.69, 9.17) is 0 Å². The predicted octanol–water partition coefficient (Wildman–Crippen LogP) is 2.47. The number of carbonyl (C=O) groups is 1. The number of nitrogens with one attached hydrogen (secondary N) is 1. The molecule has 0 amide bonds. The normalized spacial score (nSPS) is 15.4. The summed E-state index contributed by atoms with van der Waals surface area (Å²) in [5, 5.41) is 7.97. The fraction of sp³-hybridized carbons (Fsp3) is 0.292. The fourth-order valence-electron chi connectivity index (χ4n) is 4.33. The number of piperidine rings is 1. The van der Waals surface area contributed by atoms with Crippen molar-refractivity contribution in [2.75, 3.05) is 13.1 Å². The average molecular weight is 511 g/mol. The minimum Gasteiger partial charge on any atom is -0.308 e. The first-order valence-electron chi connectivity index (χ1n) is 11.4. The molecule has 1 aliphatic rings. The van der Waals surface area contributed by atoms with Gasteiger partial charge in [0, 0.05) is 24.6 Å². The second kappa shape index (κ2) is 9.36. The summed E-state index contributed by atoms with van der Waals surface area (Å²) >= 11 is 0. The highest BCUT2D eigenvalue weighted by Crippen LogP contribution is 2.29. The lowest BCUT2D eigenvalue weighted by atomic mass is 9.97. The summed E-state index contributed by atoms with van der Waals surface area (Å²) in [7, 11) is -3.71. The first kappa shape index (κ1) is 23.9. The van der Waals surface area contributed by atoms with Crippen LogP contribution in [0.25, 0.3) is 11.2 Å². The fourth-order valence-corrected chi connectivity index (χ4v) is 5.80. The number of ketones is 1. The molecule has 2 aromatic carbocycles. The molecule has 0 bridgehead atoms. The lowest BCUT2D eigenvalue weighted by molar-refractivity contribution is 0.101. The van der Waals surface area contributed by atoms with Crippen molar-refractivity contribution in [1.29, 1.82) is 0 Å². The lowest BCUT2D eigenvalue weighted by Crippen LogP contribution is -2.38. The summed E-state index contributed by atoms with van der Waals surface area (Å²) in [5.41, 5.74) is 1.24. The van der Waals surface area contributed by atoms with Gasteiger partial charge in [0.2, 0.25) is 10.0 Å². The first-order valence-corrected chi connectivity index (χ1v) is 12.9. The van der Waals surface area contributed by atoms with Gasteiger partial charge in [-0.2, -0.15) is 4.31 Å². The van der Waals surface area contributed by atoms with Gasteiger partial charge in [-0.3, -0.25) is 9.59 Å². The van der Waals surface area contributed by atoms with E-state index in [9.17, 15) is 22.4 Å². The minimum atomic E-state index is -3.71. The largest absolute Gasteiger partial charge is 0.308 e. The van der Waals surface area contributed by atoms with Gasteiger partial charge in [0.05, 0.1) is 11.4 Å². The molecule has 10 nitrogen and oxygen atoms in total. The Balaban J connectivity index is 1.34. The molecular formula is C24H23FN6O4S. The van der Waals surface area contributed by atoms with Crippen LogP contribution in [0.4, 0.5) is 4.39 Å². The molecule has 2 aromatic heterocycles. The summed E-state index contributed by atoms with van der Waals surface area (Å²) in [6.07, 6.45) is 0.942. The number of sulfonamides is 1. The van der Waals surface area contributed by atoms with Crippen LogP contribution in [0.1, 0.15) is 47.4 Å². The molecule has 1 N–H and O–H groups in total. The van der Waals surface area contributed by atoms with Gasteiger partial charge in [0.15, 0.2) is 16.9 Å². The molecule has 186 valence electrons. The SMILES string of the molecule is CC(=O)c1ccc(S(=O)(=O)N2CCC(c3nc4c(nnn4Cc4ccc(F)cc4)c(=O)[nH]3)CC2)cc1. The second-order valence-corrected chi connectivity index (χ2v) is 10.7. The van der Waals surface area contributed by atoms with Crippen molar-refractivity contribution in [2.45, 2.75) is 37.1 Å². The van der Waals surface area contributed by atoms with Crippen LogP contribution in [0.5, 0.6) is 0 Å². The molecule has 3 heterocycles. The van der Waals surface area contributed by atoms with E-state index >= 15 is 0 Å². The Labute approximate surface area is 205 Å². The highest BCUT2D eigenvalue weighted by Gasteiger charge is 2.31. The summed E-state index contributed by atoms with van der Waals surface area (Å²) in [6.45, 7) is 2.22. The Morgan fingerprint density at radius 1 is 1.08 bits per heavy atom. The standard InChI is InChI=1S/C24H23FN6O4S/c1-15(32)17-4-8-20(9-5-17)36(34,35)30-12-10-18(11-13-30)22-26-23-21(24(33)27-22)28-29-31(23)14-16-2-6-19(25)7-3-16/h2-9,18H,10-14H2,1H3,(H,26,27,33). The van der Waals surface area contributed by atoms with Crippen molar-refractivity contribution in [2.24, 2.45) is 0 Å². The van der Waals surface area contributed by atoms with Gasteiger partial charge in [0.25, 0.3) is 5.56 Å². The number of rotatable bonds is 6. The van der Waals surface area contributed by atoms with Gasteiger partial charge in [-0.05, 0) is 49.6 Å². The molecule has 36 heavy (non-hydrogen) atoms. The number of halogens is 1. The van der Waals surface area contributed by atoms with Gasteiger partial charge in [-0.1, -0.05) is 29.5 Å². The van der Waals surface area contributed by atoms with E-state index in [1.807, 2.05) is 0 Å². The third kappa shape index (κ3) is 4.56. The van der Waals surface area contributed by atoms with Gasteiger partial charge in [-0.15, -0.1) is 5.10 Å². The number of benzene rings is 2. The Morgan fingerprint density at radius 2 is 1.75 bits per heavy atom. The zero-order valence-electron chi connectivity index (χ0n) is 19.4. The molecule has 1 aliphatic heterocycles. The maximum Gasteiger partial charge on any atom is 0.281 e. The van der Waals surface area contributed by atoms with Crippen LogP contribution >= 0.6 is 0 Å². The third-order valence-corrected chi connectivity index (χ3v) is 8.29. The Kier molecular flexibility index (Phi) is 6.22. The number of H-pyrrole nitrogens is 1. The minimum absolute atomic E-state index is 0.106. The van der Waals surface area contributed by atoms with Crippen LogP contribution in [0.3, 0.4) is 0 Å². The zero-order chi connectivity index (χ0) is 25.4. The number of nitrogens with zero attached hydrogens (tertiary/aromatic N) is 5. The smallest absolute Gasteiger partial charge is 0.281 e. The highest BCUT2D eigenvalue weighted by atomic mass is 32.2. The van der Waals surface area contributed by atoms with Crippen LogP contribution in [0, 0.1) is 5.82 Å². The van der Waals surface area contributed by atoms with Crippen LogP contribution in [0.15, 0.2) is 58.2 Å². The number of hydrogen-bond donors (Lipinski definition) is 1. The van der Waals surface area contributed by atoms with Crippen molar-refractivity contribution in [3.8, 4) is 0 Å². The van der Waals surface area contributed by atoms with E-state index in [2.05, 4.69) is 20.3 Å². The number of aromatic amines is 1. The van der Waals surface area contributed by atoms with Crippen LogP contribution in [0.2, 0.25) is 0 Å². The summed E-state index contributed by atoms with van der Waals surface area (Å²) in [5.74, 6) is -0.172. The predicted molar refractivity (Wildman–Crippen MR) is 129 cm³/mol. The Hall–Kier alpha value is -3.77. The summed E-state index contributed by atoms with van der Waals surface area (Å²) in [6, 6.07) is 11.9. The molecule has 0 spiro atoms. The molecule has 12 heteroatoms. The second-order valence-electron chi connectivity index (χ2n) is 8.76. The van der Waals surface area contributed by atoms with E-state index in [0.29, 0.717) is 29.9 Å². The van der Waals surface area contributed by atoms with E-state index in [-0.39, 0.29) is 47.6 Å². The van der Waals surface area contributed by atoms with Gasteiger partial charge in [0.1, 0.15) is 11.6 Å². The van der Waals surface area contributed by atoms with Crippen molar-refractivity contribution < 1.29 is 17.6 Å². The molecule has 0 aliphatic carbocycles. The first-order chi connectivity index (χ1) is 17.2. The van der Waals surface area contributed by atoms with Crippen molar-refractivity contribution in [3.05, 3.63) is 81.7 Å². The zero-order valence-corrected chi connectivity index (χ0v) is 20.2. The molecule has 4 aromatic rings. The molecule has 1 fully saturated rings. The van der Waals surface area contributed by atoms with Crippen LogP contribution < -0.4 is 5.56 Å². The number of hydrogen-bond acceptors (Lipinski definition) is 7. The molecule has 0 atom stereocenters. The number of fused-ring (bicyclic) bond motifs is 1. The molecule has 0 saturated carbocycles. The maximum atomic E-state index is 13.2. The molecule has 0 radical (unpaired) electrons. The molecule has 0 unspecified atom stereocenters. The number of Topliss-reactive ketones (excluding diaryl/α,β-unsaturated/α-hetero) is 1. The number of carbonyl (C=O) groups excluding carboxylic acids is 1. The van der Waals surface area contributed by atoms with Crippen molar-refractivity contribution >= 4 is 27.0 Å². The van der Waals surface area contributed by atoms with Gasteiger partial charge < -0.3 is 4.98 Å². The van der Waals surface area contributed by atoms with Gasteiger partial charge in [-0.25, -0.2) is 22.5 Å². The molecule has 1 saturated heterocycles. The Morgan fingerprint density at radius 3 is 2.39 bits per heavy atom. The average Bonchev–Trinajstić information content (AvgIpc) is 3.28. The van der Waals surface area contributed by atoms with Crippen molar-refractivity contribution in [3.63, 3.8) is 0 Å². The highest BCUT2D eigenvalue weighted by molar-refractivity contribution is 7.89. The van der Waals surface area contributed by atoms with E-state index in [1.165, 1.54) is 52.3 Å². The molecular weight excluding hydrogens is 487 g/mol. The van der Waals surface area contributed by atoms with E-state index in [1.54, 1.807) is 12.1 Å². The molecule has 5 rings (SSSR count). The van der Waals surface area contributed by atoms with Crippen LogP contribution in [-0.2, 0) is 16.6 Å². The topological polar surface area (TPSA) is 131 Å².